The summed E-state index contributed by atoms with van der Waals surface area (Å²) in [4.78, 5) is 2.15. The zero-order chi connectivity index (χ0) is 13.2. The van der Waals surface area contributed by atoms with Gasteiger partial charge in [-0.15, -0.1) is 0 Å². The van der Waals surface area contributed by atoms with E-state index in [9.17, 15) is 5.11 Å². The highest BCUT2D eigenvalue weighted by Crippen LogP contribution is 2.30. The van der Waals surface area contributed by atoms with Gasteiger partial charge in [-0.3, -0.25) is 0 Å². The van der Waals surface area contributed by atoms with E-state index >= 15 is 0 Å². The zero-order valence-corrected chi connectivity index (χ0v) is 12.0. The van der Waals surface area contributed by atoms with Gasteiger partial charge in [0.05, 0.1) is 16.8 Å². The molecule has 0 spiro atoms. The highest BCUT2D eigenvalue weighted by Gasteiger charge is 2.16. The van der Waals surface area contributed by atoms with Gasteiger partial charge < -0.3 is 10.0 Å². The third-order valence-corrected chi connectivity index (χ3v) is 2.88. The summed E-state index contributed by atoms with van der Waals surface area (Å²) >= 11 is 6.24. The summed E-state index contributed by atoms with van der Waals surface area (Å²) in [6, 6.07) is 5.72. The number of nitrogens with zero attached hydrogens (tertiary/aromatic N) is 1. The topological polar surface area (TPSA) is 23.5 Å². The van der Waals surface area contributed by atoms with Gasteiger partial charge in [0, 0.05) is 13.6 Å². The van der Waals surface area contributed by atoms with Crippen LogP contribution in [0.2, 0.25) is 5.02 Å². The summed E-state index contributed by atoms with van der Waals surface area (Å²) in [6.45, 7) is 9.26. The third-order valence-electron chi connectivity index (χ3n) is 2.58. The Labute approximate surface area is 109 Å². The molecule has 0 aliphatic heterocycles. The predicted octanol–water partition coefficient (Wildman–Crippen LogP) is 3.88. The maximum atomic E-state index is 9.49. The minimum Gasteiger partial charge on any atom is -0.389 e. The van der Waals surface area contributed by atoms with Crippen molar-refractivity contribution in [3.05, 3.63) is 28.8 Å². The molecule has 0 radical (unpaired) electrons. The van der Waals surface area contributed by atoms with Gasteiger partial charge in [0.15, 0.2) is 0 Å². The van der Waals surface area contributed by atoms with Crippen molar-refractivity contribution < 1.29 is 5.11 Å². The van der Waals surface area contributed by atoms with E-state index in [1.165, 1.54) is 0 Å². The minimum absolute atomic E-state index is 0.223. The molecule has 0 aliphatic carbocycles. The third kappa shape index (κ3) is 4.21. The average Bonchev–Trinajstić information content (AvgIpc) is 2.14. The molecule has 3 heteroatoms. The summed E-state index contributed by atoms with van der Waals surface area (Å²) in [7, 11) is 2.04. The van der Waals surface area contributed by atoms with Crippen molar-refractivity contribution in [3.63, 3.8) is 0 Å². The van der Waals surface area contributed by atoms with Crippen molar-refractivity contribution >= 4 is 17.3 Å². The minimum atomic E-state index is -0.477. The molecule has 0 bridgehead atoms. The molecule has 17 heavy (non-hydrogen) atoms. The summed E-state index contributed by atoms with van der Waals surface area (Å²) in [5.41, 5.74) is 2.08. The van der Waals surface area contributed by atoms with Gasteiger partial charge in [0.25, 0.3) is 0 Å². The van der Waals surface area contributed by atoms with Crippen LogP contribution in [-0.2, 0) is 0 Å². The van der Waals surface area contributed by atoms with Crippen molar-refractivity contribution in [2.45, 2.75) is 33.8 Å². The van der Waals surface area contributed by atoms with E-state index in [1.807, 2.05) is 25.2 Å². The van der Waals surface area contributed by atoms with Crippen molar-refractivity contribution in [2.24, 2.45) is 5.41 Å². The van der Waals surface area contributed by atoms with Crippen LogP contribution in [0.15, 0.2) is 18.2 Å². The second kappa shape index (κ2) is 5.28. The van der Waals surface area contributed by atoms with E-state index in [0.29, 0.717) is 5.02 Å². The molecule has 0 aliphatic rings. The second-order valence-corrected chi connectivity index (χ2v) is 6.21. The Morgan fingerprint density at radius 1 is 1.35 bits per heavy atom. The fourth-order valence-electron chi connectivity index (χ4n) is 1.89. The standard InChI is InChI=1S/C14H22ClNO/c1-10(17)11-6-7-13(12(15)8-11)16(5)9-14(2,3)4/h6-8,10,17H,9H2,1-5H3/t10-/m1/s1. The molecule has 0 saturated carbocycles. The summed E-state index contributed by atoms with van der Waals surface area (Å²) in [5.74, 6) is 0. The van der Waals surface area contributed by atoms with E-state index in [0.717, 1.165) is 17.8 Å². The highest BCUT2D eigenvalue weighted by molar-refractivity contribution is 6.33. The van der Waals surface area contributed by atoms with E-state index in [2.05, 4.69) is 25.7 Å². The lowest BCUT2D eigenvalue weighted by Gasteiger charge is -2.29. The lowest BCUT2D eigenvalue weighted by molar-refractivity contribution is 0.199. The van der Waals surface area contributed by atoms with Crippen molar-refractivity contribution in [1.82, 2.24) is 0 Å². The molecule has 0 amide bonds. The van der Waals surface area contributed by atoms with Gasteiger partial charge in [-0.2, -0.15) is 0 Å². The van der Waals surface area contributed by atoms with Crippen molar-refractivity contribution in [1.29, 1.82) is 0 Å². The predicted molar refractivity (Wildman–Crippen MR) is 74.8 cm³/mol. The van der Waals surface area contributed by atoms with Gasteiger partial charge >= 0.3 is 0 Å². The quantitative estimate of drug-likeness (QED) is 0.886. The normalized spacial score (nSPS) is 13.6. The number of hydrogen-bond donors (Lipinski definition) is 1. The Morgan fingerprint density at radius 3 is 2.35 bits per heavy atom. The van der Waals surface area contributed by atoms with Gasteiger partial charge in [-0.05, 0) is 30.0 Å². The number of halogens is 1. The Hall–Kier alpha value is -0.730. The fourth-order valence-corrected chi connectivity index (χ4v) is 2.22. The van der Waals surface area contributed by atoms with Gasteiger partial charge in [-0.25, -0.2) is 0 Å². The van der Waals surface area contributed by atoms with Crippen LogP contribution in [0.25, 0.3) is 0 Å². The first-order valence-corrected chi connectivity index (χ1v) is 6.27. The van der Waals surface area contributed by atoms with Crippen LogP contribution in [0, 0.1) is 5.41 Å². The molecular formula is C14H22ClNO. The molecule has 0 fully saturated rings. The van der Waals surface area contributed by atoms with Crippen LogP contribution in [0.4, 0.5) is 5.69 Å². The molecule has 1 rings (SSSR count). The molecular weight excluding hydrogens is 234 g/mol. The van der Waals surface area contributed by atoms with Crippen LogP contribution < -0.4 is 4.90 Å². The number of benzene rings is 1. The van der Waals surface area contributed by atoms with Crippen LogP contribution in [0.1, 0.15) is 39.4 Å². The zero-order valence-electron chi connectivity index (χ0n) is 11.3. The Bertz CT molecular complexity index is 382. The second-order valence-electron chi connectivity index (χ2n) is 5.80. The monoisotopic (exact) mass is 255 g/mol. The molecule has 96 valence electrons. The highest BCUT2D eigenvalue weighted by atomic mass is 35.5. The maximum absolute atomic E-state index is 9.49. The molecule has 1 N–H and O–H groups in total. The molecule has 1 aromatic rings. The summed E-state index contributed by atoms with van der Waals surface area (Å²) < 4.78 is 0. The van der Waals surface area contributed by atoms with E-state index in [1.54, 1.807) is 6.92 Å². The number of aliphatic hydroxyl groups is 1. The first-order chi connectivity index (χ1) is 7.70. The van der Waals surface area contributed by atoms with Crippen molar-refractivity contribution in [3.8, 4) is 0 Å². The maximum Gasteiger partial charge on any atom is 0.0762 e. The van der Waals surface area contributed by atoms with Crippen LogP contribution in [0.3, 0.4) is 0 Å². The molecule has 2 nitrogen and oxygen atoms in total. The van der Waals surface area contributed by atoms with Gasteiger partial charge in [-0.1, -0.05) is 38.4 Å². The smallest absolute Gasteiger partial charge is 0.0762 e. The number of anilines is 1. The summed E-state index contributed by atoms with van der Waals surface area (Å²) in [6.07, 6.45) is -0.477. The average molecular weight is 256 g/mol. The van der Waals surface area contributed by atoms with Crippen molar-refractivity contribution in [2.75, 3.05) is 18.5 Å². The van der Waals surface area contributed by atoms with E-state index in [-0.39, 0.29) is 5.41 Å². The lowest BCUT2D eigenvalue weighted by atomic mass is 9.96. The summed E-state index contributed by atoms with van der Waals surface area (Å²) in [5, 5.41) is 10.2. The molecule has 0 unspecified atom stereocenters. The lowest BCUT2D eigenvalue weighted by Crippen LogP contribution is -2.29. The fraction of sp³-hybridized carbons (Fsp3) is 0.571. The first kappa shape index (κ1) is 14.3. The number of hydrogen-bond acceptors (Lipinski definition) is 2. The Balaban J connectivity index is 2.92. The molecule has 1 aromatic carbocycles. The Morgan fingerprint density at radius 2 is 1.94 bits per heavy atom. The van der Waals surface area contributed by atoms with Crippen LogP contribution in [0.5, 0.6) is 0 Å². The largest absolute Gasteiger partial charge is 0.389 e. The van der Waals surface area contributed by atoms with Crippen LogP contribution >= 0.6 is 11.6 Å². The van der Waals surface area contributed by atoms with Gasteiger partial charge in [0.1, 0.15) is 0 Å². The first-order valence-electron chi connectivity index (χ1n) is 5.89. The molecule has 0 heterocycles. The van der Waals surface area contributed by atoms with Crippen LogP contribution in [-0.4, -0.2) is 18.7 Å². The van der Waals surface area contributed by atoms with Gasteiger partial charge in [0.2, 0.25) is 0 Å². The molecule has 0 aromatic heterocycles. The number of aliphatic hydroxyl groups excluding tert-OH is 1. The molecule has 0 saturated heterocycles. The molecule has 1 atom stereocenters. The Kier molecular flexibility index (Phi) is 4.45. The SMILES string of the molecule is C[C@@H](O)c1ccc(N(C)CC(C)(C)C)c(Cl)c1. The number of rotatable bonds is 3. The van der Waals surface area contributed by atoms with E-state index < -0.39 is 6.10 Å². The van der Waals surface area contributed by atoms with E-state index in [4.69, 9.17) is 11.6 Å².